The summed E-state index contributed by atoms with van der Waals surface area (Å²) in [6, 6.07) is 0. The Kier molecular flexibility index (Phi) is 34.4. The van der Waals surface area contributed by atoms with Crippen LogP contribution in [0, 0.1) is 0 Å². The first-order chi connectivity index (χ1) is 3.91. The van der Waals surface area contributed by atoms with Gasteiger partial charge in [0.1, 0.15) is 0 Å². The summed E-state index contributed by atoms with van der Waals surface area (Å²) >= 11 is 0. The molecule has 0 bridgehead atoms. The van der Waals surface area contributed by atoms with Gasteiger partial charge in [-0.2, -0.15) is 0 Å². The van der Waals surface area contributed by atoms with Gasteiger partial charge in [-0.05, 0) is 20.2 Å². The van der Waals surface area contributed by atoms with E-state index < -0.39 is 0 Å². The number of hydrogen-bond donors (Lipinski definition) is 0. The summed E-state index contributed by atoms with van der Waals surface area (Å²) < 4.78 is 0. The minimum atomic E-state index is 0. The molecule has 0 heterocycles. The topological polar surface area (TPSA) is 102 Å². The van der Waals surface area contributed by atoms with E-state index in [0.29, 0.717) is 0 Å². The van der Waals surface area contributed by atoms with E-state index in [9.17, 15) is 0 Å². The third-order valence-corrected chi connectivity index (χ3v) is 0.139. The van der Waals surface area contributed by atoms with Crippen LogP contribution in [0.5, 0.6) is 0 Å². The summed E-state index contributed by atoms with van der Waals surface area (Å²) in [6.45, 7) is 0. The molecule has 0 saturated heterocycles. The SMILES string of the molecule is [O-]OOOOOO[O-].[Rb+].[Rb+]. The smallest absolute Gasteiger partial charge is 0.689 e. The van der Waals surface area contributed by atoms with Crippen LogP contribution in [-0.4, -0.2) is 0 Å². The predicted molar refractivity (Wildman–Crippen MR) is 6.51 cm³/mol. The van der Waals surface area contributed by atoms with Crippen molar-refractivity contribution >= 4 is 0 Å². The first-order valence-electron chi connectivity index (χ1n) is 1.17. The average Bonchev–Trinajstić information content (AvgIpc) is 1.81. The van der Waals surface area contributed by atoms with E-state index in [1.165, 1.54) is 0 Å². The van der Waals surface area contributed by atoms with E-state index in [0.717, 1.165) is 0 Å². The second-order valence-corrected chi connectivity index (χ2v) is 0.408. The van der Waals surface area contributed by atoms with Gasteiger partial charge in [0.2, 0.25) is 0 Å². The van der Waals surface area contributed by atoms with Crippen LogP contribution in [0.25, 0.3) is 0 Å². The fraction of sp³-hybridized carbons (Fsp3) is 0. The molecule has 50 valence electrons. The van der Waals surface area contributed by atoms with Gasteiger partial charge in [0, 0.05) is 0 Å². The van der Waals surface area contributed by atoms with Gasteiger partial charge in [-0.3, -0.25) is 10.1 Å². The molecular formula is O8Rb2. The van der Waals surface area contributed by atoms with Crippen molar-refractivity contribution in [2.75, 3.05) is 0 Å². The Morgan fingerprint density at radius 2 is 0.900 bits per heavy atom. The van der Waals surface area contributed by atoms with Crippen LogP contribution in [0.2, 0.25) is 0 Å². The molecule has 10 heteroatoms. The van der Waals surface area contributed by atoms with Crippen molar-refractivity contribution in [2.24, 2.45) is 0 Å². The van der Waals surface area contributed by atoms with Crippen molar-refractivity contribution in [3.63, 3.8) is 0 Å². The Hall–Kier alpha value is 3.29. The van der Waals surface area contributed by atoms with Crippen LogP contribution in [0.15, 0.2) is 0 Å². The molecule has 10 heavy (non-hydrogen) atoms. The van der Waals surface area contributed by atoms with Crippen LogP contribution in [0.4, 0.5) is 0 Å². The number of hydrogen-bond acceptors (Lipinski definition) is 8. The maximum absolute atomic E-state index is 8.79. The van der Waals surface area contributed by atoms with E-state index in [2.05, 4.69) is 30.2 Å². The normalized spacial score (nSPS) is 7.80. The number of rotatable bonds is 5. The summed E-state index contributed by atoms with van der Waals surface area (Å²) in [5.41, 5.74) is 0. The van der Waals surface area contributed by atoms with Gasteiger partial charge in [0.05, 0.1) is 0 Å². The maximum atomic E-state index is 8.79. The molecule has 0 aromatic rings. The van der Waals surface area contributed by atoms with Gasteiger partial charge in [-0.15, -0.1) is 0 Å². The fourth-order valence-electron chi connectivity index (χ4n) is 0.0454. The van der Waals surface area contributed by atoms with Crippen molar-refractivity contribution in [2.45, 2.75) is 0 Å². The molecule has 0 spiro atoms. The molecule has 0 rings (SSSR count). The molecule has 0 N–H and O–H groups in total. The van der Waals surface area contributed by atoms with Crippen molar-refractivity contribution in [1.82, 2.24) is 0 Å². The molecule has 0 unspecified atom stereocenters. The summed E-state index contributed by atoms with van der Waals surface area (Å²) in [4.78, 5) is 0. The van der Waals surface area contributed by atoms with Gasteiger partial charge in [0.15, 0.2) is 0 Å². The first-order valence-corrected chi connectivity index (χ1v) is 1.17. The minimum absolute atomic E-state index is 0. The molecule has 8 nitrogen and oxygen atoms in total. The second-order valence-electron chi connectivity index (χ2n) is 0.408. The summed E-state index contributed by atoms with van der Waals surface area (Å²) in [5.74, 6) is 0. The second kappa shape index (κ2) is 18.2. The van der Waals surface area contributed by atoms with Crippen LogP contribution in [0.1, 0.15) is 0 Å². The van der Waals surface area contributed by atoms with Crippen LogP contribution < -0.4 is 127 Å². The third-order valence-electron chi connectivity index (χ3n) is 0.139. The van der Waals surface area contributed by atoms with Crippen molar-refractivity contribution < 1.29 is 157 Å². The van der Waals surface area contributed by atoms with E-state index >= 15 is 0 Å². The summed E-state index contributed by atoms with van der Waals surface area (Å²) in [5, 5.41) is 35.0. The van der Waals surface area contributed by atoms with Crippen molar-refractivity contribution in [1.29, 1.82) is 0 Å². The first kappa shape index (κ1) is 19.0. The van der Waals surface area contributed by atoms with E-state index in [1.54, 1.807) is 0 Å². The Morgan fingerprint density at radius 3 is 1.10 bits per heavy atom. The summed E-state index contributed by atoms with van der Waals surface area (Å²) in [7, 11) is 0. The standard InChI is InChI=1S/H2O8.2Rb/c1-3-5-7-8-6-4-2;;/h1-2H;;/q;2*+1/p-2. The van der Waals surface area contributed by atoms with E-state index in [-0.39, 0.29) is 116 Å². The molecule has 0 atom stereocenters. The van der Waals surface area contributed by atoms with Gasteiger partial charge in [-0.25, -0.2) is 0 Å². The molecule has 0 saturated carbocycles. The molecule has 0 aliphatic rings. The van der Waals surface area contributed by atoms with Gasteiger partial charge in [-0.1, -0.05) is 0 Å². The van der Waals surface area contributed by atoms with Crippen LogP contribution in [0.3, 0.4) is 0 Å². The minimum Gasteiger partial charge on any atom is -0.689 e. The zero-order valence-electron chi connectivity index (χ0n) is 5.27. The van der Waals surface area contributed by atoms with Crippen LogP contribution in [-0.2, 0) is 30.2 Å². The van der Waals surface area contributed by atoms with E-state index in [4.69, 9.17) is 10.5 Å². The molecule has 0 radical (unpaired) electrons. The quantitative estimate of drug-likeness (QED) is 0.280. The molecule has 0 aliphatic carbocycles. The Morgan fingerprint density at radius 1 is 0.600 bits per heavy atom. The maximum Gasteiger partial charge on any atom is 1.00 e. The van der Waals surface area contributed by atoms with Gasteiger partial charge < -0.3 is 10.5 Å². The van der Waals surface area contributed by atoms with Gasteiger partial charge >= 0.3 is 116 Å². The van der Waals surface area contributed by atoms with Crippen LogP contribution >= 0.6 is 0 Å². The Balaban J connectivity index is -0.000000245. The van der Waals surface area contributed by atoms with E-state index in [1.807, 2.05) is 0 Å². The zero-order chi connectivity index (χ0) is 6.24. The third kappa shape index (κ3) is 17.4. The summed E-state index contributed by atoms with van der Waals surface area (Å²) in [6.07, 6.45) is 0. The predicted octanol–water partition coefficient (Wildman–Crippen LogP) is -8.78. The molecule has 0 fully saturated rings. The monoisotopic (exact) mass is 298 g/mol. The Labute approximate surface area is 153 Å². The molecule has 0 aliphatic heterocycles. The fourth-order valence-corrected chi connectivity index (χ4v) is 0.0454. The Bertz CT molecular complexity index is 32.2. The molecule has 0 aromatic carbocycles. The van der Waals surface area contributed by atoms with Crippen molar-refractivity contribution in [3.05, 3.63) is 0 Å². The largest absolute Gasteiger partial charge is 1.00 e. The average molecular weight is 299 g/mol. The molecular weight excluding hydrogens is 299 g/mol. The molecule has 0 aromatic heterocycles. The zero-order valence-corrected chi connectivity index (χ0v) is 15.1. The van der Waals surface area contributed by atoms with Crippen molar-refractivity contribution in [3.8, 4) is 0 Å². The molecule has 0 amide bonds. The van der Waals surface area contributed by atoms with Gasteiger partial charge in [0.25, 0.3) is 0 Å².